The molecule has 0 rings (SSSR count). The second-order valence-corrected chi connectivity index (χ2v) is 7.05. The van der Waals surface area contributed by atoms with E-state index in [4.69, 9.17) is 5.11 Å². The third-order valence-corrected chi connectivity index (χ3v) is 5.21. The van der Waals surface area contributed by atoms with Crippen molar-refractivity contribution in [2.75, 3.05) is 14.1 Å². The molecular formula is C9H17NO5S. The summed E-state index contributed by atoms with van der Waals surface area (Å²) in [6.45, 7) is 3.34. The number of aliphatic carboxylic acids is 1. The molecule has 0 spiro atoms. The Balaban J connectivity index is 5.40. The second-order valence-electron chi connectivity index (χ2n) is 4.24. The topological polar surface area (TPSA) is 91.8 Å². The number of amides is 1. The maximum atomic E-state index is 11.9. The van der Waals surface area contributed by atoms with Gasteiger partial charge in [-0.05, 0) is 20.8 Å². The van der Waals surface area contributed by atoms with Crippen LogP contribution in [0.15, 0.2) is 0 Å². The Morgan fingerprint density at radius 2 is 1.62 bits per heavy atom. The van der Waals surface area contributed by atoms with Gasteiger partial charge in [0.15, 0.2) is 14.6 Å². The van der Waals surface area contributed by atoms with E-state index in [-0.39, 0.29) is 0 Å². The van der Waals surface area contributed by atoms with Gasteiger partial charge in [-0.2, -0.15) is 0 Å². The minimum atomic E-state index is -4.07. The number of hydrogen-bond acceptors (Lipinski definition) is 4. The number of carboxylic acids is 1. The van der Waals surface area contributed by atoms with E-state index in [9.17, 15) is 18.0 Å². The molecule has 0 radical (unpaired) electrons. The van der Waals surface area contributed by atoms with Crippen LogP contribution < -0.4 is 0 Å². The fourth-order valence-corrected chi connectivity index (χ4v) is 2.66. The van der Waals surface area contributed by atoms with E-state index in [1.807, 2.05) is 0 Å². The molecule has 0 aromatic carbocycles. The molecule has 0 saturated heterocycles. The molecule has 0 saturated carbocycles. The number of sulfone groups is 1. The Morgan fingerprint density at radius 3 is 1.88 bits per heavy atom. The molecular weight excluding hydrogens is 234 g/mol. The summed E-state index contributed by atoms with van der Waals surface area (Å²) in [6.07, 6.45) is 0. The number of carboxylic acid groups (broad SMARTS) is 1. The van der Waals surface area contributed by atoms with E-state index in [1.54, 1.807) is 0 Å². The number of nitrogens with zero attached hydrogens (tertiary/aromatic N) is 1. The Morgan fingerprint density at radius 1 is 1.25 bits per heavy atom. The Bertz CT molecular complexity index is 396. The van der Waals surface area contributed by atoms with Crippen LogP contribution >= 0.6 is 0 Å². The minimum Gasteiger partial charge on any atom is -0.480 e. The Labute approximate surface area is 95.2 Å². The van der Waals surface area contributed by atoms with Crippen LogP contribution in [0.4, 0.5) is 0 Å². The van der Waals surface area contributed by atoms with Gasteiger partial charge >= 0.3 is 5.97 Å². The highest BCUT2D eigenvalue weighted by Crippen LogP contribution is 2.22. The van der Waals surface area contributed by atoms with Gasteiger partial charge in [0.1, 0.15) is 5.25 Å². The maximum absolute atomic E-state index is 11.9. The highest BCUT2D eigenvalue weighted by atomic mass is 32.2. The van der Waals surface area contributed by atoms with Crippen LogP contribution in [0.5, 0.6) is 0 Å². The molecule has 1 atom stereocenters. The van der Waals surface area contributed by atoms with Crippen molar-refractivity contribution >= 4 is 21.7 Å². The molecule has 94 valence electrons. The zero-order chi connectivity index (χ0) is 13.3. The molecule has 0 aliphatic carbocycles. The van der Waals surface area contributed by atoms with Crippen molar-refractivity contribution in [1.29, 1.82) is 0 Å². The molecule has 0 aromatic heterocycles. The van der Waals surface area contributed by atoms with Crippen LogP contribution in [0.1, 0.15) is 20.8 Å². The highest BCUT2D eigenvalue weighted by Gasteiger charge is 2.47. The molecule has 0 bridgehead atoms. The van der Waals surface area contributed by atoms with Gasteiger partial charge in [-0.25, -0.2) is 8.42 Å². The SMILES string of the molecule is CC(C(=O)N(C)C)S(=O)(=O)C(C)(C)C(=O)O. The maximum Gasteiger partial charge on any atom is 0.324 e. The van der Waals surface area contributed by atoms with Crippen molar-refractivity contribution in [1.82, 2.24) is 4.90 Å². The lowest BCUT2D eigenvalue weighted by atomic mass is 10.2. The van der Waals surface area contributed by atoms with Crippen LogP contribution in [0, 0.1) is 0 Å². The van der Waals surface area contributed by atoms with E-state index >= 15 is 0 Å². The van der Waals surface area contributed by atoms with Gasteiger partial charge < -0.3 is 10.0 Å². The molecule has 7 heteroatoms. The molecule has 6 nitrogen and oxygen atoms in total. The highest BCUT2D eigenvalue weighted by molar-refractivity contribution is 7.94. The summed E-state index contributed by atoms with van der Waals surface area (Å²) in [7, 11) is -1.24. The summed E-state index contributed by atoms with van der Waals surface area (Å²) in [5.74, 6) is -2.10. The summed E-state index contributed by atoms with van der Waals surface area (Å²) >= 11 is 0. The monoisotopic (exact) mass is 251 g/mol. The smallest absolute Gasteiger partial charge is 0.324 e. The number of carbonyl (C=O) groups is 2. The normalized spacial score (nSPS) is 14.3. The largest absolute Gasteiger partial charge is 0.480 e. The van der Waals surface area contributed by atoms with Crippen molar-refractivity contribution in [3.05, 3.63) is 0 Å². The Kier molecular flexibility index (Phi) is 4.10. The van der Waals surface area contributed by atoms with Gasteiger partial charge in [-0.1, -0.05) is 0 Å². The van der Waals surface area contributed by atoms with E-state index in [1.165, 1.54) is 21.0 Å². The lowest BCUT2D eigenvalue weighted by Gasteiger charge is -2.25. The molecule has 0 aliphatic rings. The van der Waals surface area contributed by atoms with Crippen LogP contribution in [-0.2, 0) is 19.4 Å². The predicted octanol–water partition coefficient (Wildman–Crippen LogP) is -0.259. The van der Waals surface area contributed by atoms with Crippen molar-refractivity contribution in [2.45, 2.75) is 30.8 Å². The van der Waals surface area contributed by atoms with Crippen LogP contribution in [0.3, 0.4) is 0 Å². The molecule has 1 amide bonds. The van der Waals surface area contributed by atoms with Gasteiger partial charge in [0, 0.05) is 14.1 Å². The first-order valence-corrected chi connectivity index (χ1v) is 6.19. The average Bonchev–Trinajstić information content (AvgIpc) is 2.14. The standard InChI is InChI=1S/C9H17NO5S/c1-6(7(11)10(4)5)16(14,15)9(2,3)8(12)13/h6H,1-5H3,(H,12,13). The summed E-state index contributed by atoms with van der Waals surface area (Å²) in [6, 6.07) is 0. The van der Waals surface area contributed by atoms with Gasteiger partial charge in [-0.3, -0.25) is 9.59 Å². The molecule has 0 heterocycles. The van der Waals surface area contributed by atoms with E-state index in [2.05, 4.69) is 0 Å². The fraction of sp³-hybridized carbons (Fsp3) is 0.778. The van der Waals surface area contributed by atoms with E-state index in [0.717, 1.165) is 18.7 Å². The average molecular weight is 251 g/mol. The summed E-state index contributed by atoms with van der Waals surface area (Å²) in [5, 5.41) is 7.48. The molecule has 1 unspecified atom stereocenters. The van der Waals surface area contributed by atoms with E-state index in [0.29, 0.717) is 0 Å². The first-order chi connectivity index (χ1) is 6.96. The van der Waals surface area contributed by atoms with Crippen LogP contribution in [0.2, 0.25) is 0 Å². The number of carbonyl (C=O) groups excluding carboxylic acids is 1. The van der Waals surface area contributed by atoms with Crippen molar-refractivity contribution in [3.8, 4) is 0 Å². The lowest BCUT2D eigenvalue weighted by Crippen LogP contribution is -2.49. The van der Waals surface area contributed by atoms with Crippen LogP contribution in [0.25, 0.3) is 0 Å². The van der Waals surface area contributed by atoms with Crippen LogP contribution in [-0.4, -0.2) is 54.4 Å². The molecule has 0 fully saturated rings. The third-order valence-electron chi connectivity index (χ3n) is 2.48. The third kappa shape index (κ3) is 2.34. The van der Waals surface area contributed by atoms with Gasteiger partial charge in [0.05, 0.1) is 0 Å². The molecule has 0 aliphatic heterocycles. The first-order valence-electron chi connectivity index (χ1n) is 4.64. The predicted molar refractivity (Wildman–Crippen MR) is 58.8 cm³/mol. The fourth-order valence-electron chi connectivity index (χ4n) is 1.06. The van der Waals surface area contributed by atoms with Gasteiger partial charge in [0.25, 0.3) is 0 Å². The quantitative estimate of drug-likeness (QED) is 0.743. The molecule has 16 heavy (non-hydrogen) atoms. The number of hydrogen-bond donors (Lipinski definition) is 1. The first kappa shape index (κ1) is 14.9. The van der Waals surface area contributed by atoms with Gasteiger partial charge in [0.2, 0.25) is 5.91 Å². The lowest BCUT2D eigenvalue weighted by molar-refractivity contribution is -0.139. The second kappa shape index (κ2) is 4.40. The van der Waals surface area contributed by atoms with Crippen molar-refractivity contribution < 1.29 is 23.1 Å². The van der Waals surface area contributed by atoms with Gasteiger partial charge in [-0.15, -0.1) is 0 Å². The Hall–Kier alpha value is -1.11. The van der Waals surface area contributed by atoms with E-state index < -0.39 is 31.7 Å². The minimum absolute atomic E-state index is 0.630. The summed E-state index contributed by atoms with van der Waals surface area (Å²) in [5.41, 5.74) is 0. The molecule has 1 N–H and O–H groups in total. The van der Waals surface area contributed by atoms with Crippen molar-refractivity contribution in [3.63, 3.8) is 0 Å². The summed E-state index contributed by atoms with van der Waals surface area (Å²) in [4.78, 5) is 23.5. The molecule has 0 aromatic rings. The summed E-state index contributed by atoms with van der Waals surface area (Å²) < 4.78 is 21.8. The number of rotatable bonds is 4. The van der Waals surface area contributed by atoms with Crippen molar-refractivity contribution in [2.24, 2.45) is 0 Å². The zero-order valence-electron chi connectivity index (χ0n) is 10.0. The zero-order valence-corrected chi connectivity index (χ0v) is 10.8.